The van der Waals surface area contributed by atoms with E-state index in [1.807, 2.05) is 18.2 Å². The summed E-state index contributed by atoms with van der Waals surface area (Å²) in [5.74, 6) is 0. The standard InChI is InChI=1S/C12H14N2S/c1-12(2,3)15-14-9-11-7-5-4-6-10(11)8-13/h4-7,9H,1-3H3/b14-9+. The first-order chi connectivity index (χ1) is 7.03. The largest absolute Gasteiger partial charge is 0.223 e. The first-order valence-electron chi connectivity index (χ1n) is 4.73. The second-order valence-electron chi connectivity index (χ2n) is 4.14. The van der Waals surface area contributed by atoms with Crippen LogP contribution in [0.4, 0.5) is 0 Å². The van der Waals surface area contributed by atoms with Crippen LogP contribution in [0, 0.1) is 11.3 Å². The highest BCUT2D eigenvalue weighted by molar-refractivity contribution is 7.99. The van der Waals surface area contributed by atoms with Crippen LogP contribution in [0.1, 0.15) is 31.9 Å². The van der Waals surface area contributed by atoms with Crippen LogP contribution in [0.2, 0.25) is 0 Å². The fourth-order valence-corrected chi connectivity index (χ4v) is 1.44. The van der Waals surface area contributed by atoms with E-state index in [0.717, 1.165) is 5.56 Å². The van der Waals surface area contributed by atoms with Crippen molar-refractivity contribution in [3.05, 3.63) is 35.4 Å². The van der Waals surface area contributed by atoms with E-state index in [1.165, 1.54) is 11.9 Å². The summed E-state index contributed by atoms with van der Waals surface area (Å²) in [6.07, 6.45) is 1.74. The smallest absolute Gasteiger partial charge is 0.0998 e. The van der Waals surface area contributed by atoms with Crippen molar-refractivity contribution >= 4 is 18.2 Å². The molecule has 1 aromatic carbocycles. The summed E-state index contributed by atoms with van der Waals surface area (Å²) < 4.78 is 4.37. The van der Waals surface area contributed by atoms with Crippen LogP contribution < -0.4 is 0 Å². The molecule has 0 N–H and O–H groups in total. The molecule has 0 atom stereocenters. The summed E-state index contributed by atoms with van der Waals surface area (Å²) in [5, 5.41) is 8.86. The lowest BCUT2D eigenvalue weighted by Gasteiger charge is -2.12. The Morgan fingerprint density at radius 1 is 1.33 bits per heavy atom. The minimum absolute atomic E-state index is 0.109. The molecule has 0 aliphatic rings. The first kappa shape index (κ1) is 11.8. The highest BCUT2D eigenvalue weighted by Crippen LogP contribution is 2.23. The van der Waals surface area contributed by atoms with Crippen molar-refractivity contribution < 1.29 is 0 Å². The second kappa shape index (κ2) is 4.99. The fourth-order valence-electron chi connectivity index (χ4n) is 0.953. The van der Waals surface area contributed by atoms with Crippen molar-refractivity contribution in [2.24, 2.45) is 4.40 Å². The summed E-state index contributed by atoms with van der Waals surface area (Å²) in [5.41, 5.74) is 1.53. The van der Waals surface area contributed by atoms with Crippen molar-refractivity contribution in [1.82, 2.24) is 0 Å². The molecule has 1 rings (SSSR count). The zero-order valence-electron chi connectivity index (χ0n) is 9.19. The Bertz CT molecular complexity index is 397. The Labute approximate surface area is 95.2 Å². The zero-order valence-corrected chi connectivity index (χ0v) is 10.0. The molecule has 0 bridgehead atoms. The van der Waals surface area contributed by atoms with Crippen molar-refractivity contribution in [1.29, 1.82) is 5.26 Å². The molecule has 0 radical (unpaired) electrons. The number of rotatable bonds is 2. The number of hydrogen-bond donors (Lipinski definition) is 0. The van der Waals surface area contributed by atoms with Crippen LogP contribution in [0.5, 0.6) is 0 Å². The van der Waals surface area contributed by atoms with Crippen LogP contribution in [0.25, 0.3) is 0 Å². The Hall–Kier alpha value is -1.27. The van der Waals surface area contributed by atoms with E-state index in [-0.39, 0.29) is 4.75 Å². The van der Waals surface area contributed by atoms with Crippen molar-refractivity contribution in [3.8, 4) is 6.07 Å². The molecule has 0 amide bonds. The van der Waals surface area contributed by atoms with Gasteiger partial charge in [-0.15, -0.1) is 0 Å². The Morgan fingerprint density at radius 2 is 2.00 bits per heavy atom. The molecule has 0 fully saturated rings. The number of nitriles is 1. The molecular weight excluding hydrogens is 204 g/mol. The van der Waals surface area contributed by atoms with Gasteiger partial charge in [-0.3, -0.25) is 0 Å². The van der Waals surface area contributed by atoms with Gasteiger partial charge in [0.25, 0.3) is 0 Å². The minimum Gasteiger partial charge on any atom is -0.223 e. The lowest BCUT2D eigenvalue weighted by atomic mass is 10.1. The van der Waals surface area contributed by atoms with Crippen molar-refractivity contribution in [2.75, 3.05) is 0 Å². The van der Waals surface area contributed by atoms with Gasteiger partial charge in [-0.1, -0.05) is 18.2 Å². The van der Waals surface area contributed by atoms with E-state index in [4.69, 9.17) is 5.26 Å². The number of nitrogens with zero attached hydrogens (tertiary/aromatic N) is 2. The fraction of sp³-hybridized carbons (Fsp3) is 0.333. The lowest BCUT2D eigenvalue weighted by molar-refractivity contribution is 0.804. The van der Waals surface area contributed by atoms with Gasteiger partial charge in [0.15, 0.2) is 0 Å². The van der Waals surface area contributed by atoms with E-state index in [9.17, 15) is 0 Å². The average Bonchev–Trinajstić information content (AvgIpc) is 2.16. The van der Waals surface area contributed by atoms with E-state index < -0.39 is 0 Å². The summed E-state index contributed by atoms with van der Waals surface area (Å²) in [4.78, 5) is 0. The predicted octanol–water partition coefficient (Wildman–Crippen LogP) is 3.42. The van der Waals surface area contributed by atoms with Gasteiger partial charge in [0, 0.05) is 16.5 Å². The van der Waals surface area contributed by atoms with Gasteiger partial charge in [-0.05, 0) is 38.8 Å². The van der Waals surface area contributed by atoms with E-state index in [1.54, 1.807) is 12.3 Å². The number of benzene rings is 1. The quantitative estimate of drug-likeness (QED) is 0.563. The zero-order chi connectivity index (χ0) is 11.3. The Balaban J connectivity index is 2.77. The predicted molar refractivity (Wildman–Crippen MR) is 66.1 cm³/mol. The summed E-state index contributed by atoms with van der Waals surface area (Å²) in [6.45, 7) is 6.31. The SMILES string of the molecule is CC(C)(C)S/N=C/c1ccccc1C#N. The van der Waals surface area contributed by atoms with Crippen LogP contribution in [0.15, 0.2) is 28.7 Å². The second-order valence-corrected chi connectivity index (χ2v) is 5.76. The first-order valence-corrected chi connectivity index (χ1v) is 5.51. The summed E-state index contributed by atoms with van der Waals surface area (Å²) in [6, 6.07) is 9.59. The van der Waals surface area contributed by atoms with Gasteiger partial charge >= 0.3 is 0 Å². The highest BCUT2D eigenvalue weighted by atomic mass is 32.2. The van der Waals surface area contributed by atoms with Crippen LogP contribution in [0.3, 0.4) is 0 Å². The van der Waals surface area contributed by atoms with Gasteiger partial charge in [0.2, 0.25) is 0 Å². The van der Waals surface area contributed by atoms with Crippen molar-refractivity contribution in [2.45, 2.75) is 25.5 Å². The molecule has 2 nitrogen and oxygen atoms in total. The monoisotopic (exact) mass is 218 g/mol. The Morgan fingerprint density at radius 3 is 2.60 bits per heavy atom. The molecule has 0 spiro atoms. The molecule has 0 aliphatic carbocycles. The van der Waals surface area contributed by atoms with Crippen molar-refractivity contribution in [3.63, 3.8) is 0 Å². The molecule has 0 saturated carbocycles. The minimum atomic E-state index is 0.109. The van der Waals surface area contributed by atoms with Gasteiger partial charge in [-0.2, -0.15) is 5.26 Å². The van der Waals surface area contributed by atoms with Crippen LogP contribution in [-0.2, 0) is 0 Å². The van der Waals surface area contributed by atoms with Gasteiger partial charge in [0.05, 0.1) is 11.6 Å². The molecule has 1 aromatic rings. The molecule has 15 heavy (non-hydrogen) atoms. The van der Waals surface area contributed by atoms with Gasteiger partial charge in [-0.25, -0.2) is 4.40 Å². The summed E-state index contributed by atoms with van der Waals surface area (Å²) in [7, 11) is 0. The average molecular weight is 218 g/mol. The lowest BCUT2D eigenvalue weighted by Crippen LogP contribution is -2.05. The molecule has 78 valence electrons. The maximum atomic E-state index is 8.86. The third kappa shape index (κ3) is 4.18. The third-order valence-corrected chi connectivity index (χ3v) is 2.36. The molecular formula is C12H14N2S. The Kier molecular flexibility index (Phi) is 3.93. The molecule has 0 heterocycles. The van der Waals surface area contributed by atoms with E-state index in [2.05, 4.69) is 31.2 Å². The third-order valence-electron chi connectivity index (χ3n) is 1.60. The van der Waals surface area contributed by atoms with E-state index >= 15 is 0 Å². The molecule has 0 unspecified atom stereocenters. The molecule has 0 saturated heterocycles. The van der Waals surface area contributed by atoms with Crippen LogP contribution >= 0.6 is 11.9 Å². The molecule has 0 aliphatic heterocycles. The number of hydrogen-bond acceptors (Lipinski definition) is 3. The topological polar surface area (TPSA) is 36.1 Å². The molecule has 0 aromatic heterocycles. The molecule has 3 heteroatoms. The van der Waals surface area contributed by atoms with Gasteiger partial charge < -0.3 is 0 Å². The van der Waals surface area contributed by atoms with Crippen LogP contribution in [-0.4, -0.2) is 11.0 Å². The highest BCUT2D eigenvalue weighted by Gasteiger charge is 2.09. The maximum absolute atomic E-state index is 8.86. The maximum Gasteiger partial charge on any atom is 0.0998 e. The normalized spacial score (nSPS) is 11.6. The summed E-state index contributed by atoms with van der Waals surface area (Å²) >= 11 is 1.51. The van der Waals surface area contributed by atoms with E-state index in [0.29, 0.717) is 5.56 Å². The van der Waals surface area contributed by atoms with Gasteiger partial charge in [0.1, 0.15) is 0 Å².